The van der Waals surface area contributed by atoms with E-state index >= 15 is 0 Å². The molecule has 0 unspecified atom stereocenters. The van der Waals surface area contributed by atoms with Gasteiger partial charge in [0.1, 0.15) is 6.54 Å². The van der Waals surface area contributed by atoms with Gasteiger partial charge in [0.25, 0.3) is 0 Å². The molecule has 2 rings (SSSR count). The summed E-state index contributed by atoms with van der Waals surface area (Å²) in [6.45, 7) is 5.79. The molecule has 0 saturated heterocycles. The van der Waals surface area contributed by atoms with Crippen molar-refractivity contribution in [3.8, 4) is 0 Å². The first kappa shape index (κ1) is 18.2. The van der Waals surface area contributed by atoms with E-state index in [2.05, 4.69) is 10.4 Å². The van der Waals surface area contributed by atoms with Crippen molar-refractivity contribution in [1.82, 2.24) is 15.1 Å². The fourth-order valence-electron chi connectivity index (χ4n) is 2.76. The van der Waals surface area contributed by atoms with Gasteiger partial charge in [0, 0.05) is 17.3 Å². The van der Waals surface area contributed by atoms with E-state index in [9.17, 15) is 9.59 Å². The monoisotopic (exact) mass is 347 g/mol. The molecule has 0 fully saturated rings. The van der Waals surface area contributed by atoms with Crippen LogP contribution in [-0.4, -0.2) is 28.0 Å². The molecule has 6 heteroatoms. The Hall–Kier alpha value is -2.14. The Balaban J connectivity index is 1.83. The Labute approximate surface area is 147 Å². The lowest BCUT2D eigenvalue weighted by molar-refractivity contribution is -0.121. The fraction of sp³-hybridized carbons (Fsp3) is 0.389. The average molecular weight is 348 g/mol. The number of Topliss-reactive ketones (excluding diaryl/α,β-unsaturated/α-hetero) is 1. The van der Waals surface area contributed by atoms with Crippen molar-refractivity contribution in [3.05, 3.63) is 51.8 Å². The molecular formula is C18H22ClN3O2. The minimum Gasteiger partial charge on any atom is -0.354 e. The Bertz CT molecular complexity index is 753. The van der Waals surface area contributed by atoms with Gasteiger partial charge in [-0.1, -0.05) is 29.8 Å². The standard InChI is InChI=1S/C18H22ClN3O2/c1-12-18(14(3)23)13(2)22(21-12)11-17(24)20-10-6-8-15-7-4-5-9-16(15)19/h4-5,7,9H,6,8,10-11H2,1-3H3,(H,20,24). The van der Waals surface area contributed by atoms with E-state index in [-0.39, 0.29) is 18.2 Å². The van der Waals surface area contributed by atoms with Gasteiger partial charge in [-0.05, 0) is 45.2 Å². The van der Waals surface area contributed by atoms with Gasteiger partial charge < -0.3 is 5.32 Å². The van der Waals surface area contributed by atoms with Crippen LogP contribution >= 0.6 is 11.6 Å². The molecule has 0 radical (unpaired) electrons. The van der Waals surface area contributed by atoms with Crippen molar-refractivity contribution in [2.75, 3.05) is 6.54 Å². The van der Waals surface area contributed by atoms with Gasteiger partial charge in [-0.25, -0.2) is 0 Å². The summed E-state index contributed by atoms with van der Waals surface area (Å²) in [5.74, 6) is -0.147. The van der Waals surface area contributed by atoms with Crippen LogP contribution in [0.1, 0.15) is 40.7 Å². The third kappa shape index (κ3) is 4.45. The lowest BCUT2D eigenvalue weighted by atomic mass is 10.1. The van der Waals surface area contributed by atoms with E-state index < -0.39 is 0 Å². The fourth-order valence-corrected chi connectivity index (χ4v) is 2.99. The van der Waals surface area contributed by atoms with Crippen molar-refractivity contribution in [3.63, 3.8) is 0 Å². The molecule has 24 heavy (non-hydrogen) atoms. The number of hydrogen-bond acceptors (Lipinski definition) is 3. The van der Waals surface area contributed by atoms with Crippen LogP contribution in [0.5, 0.6) is 0 Å². The van der Waals surface area contributed by atoms with Crippen LogP contribution in [-0.2, 0) is 17.8 Å². The normalized spacial score (nSPS) is 10.7. The predicted octanol–water partition coefficient (Wildman–Crippen LogP) is 3.10. The SMILES string of the molecule is CC(=O)c1c(C)nn(CC(=O)NCCCc2ccccc2Cl)c1C. The van der Waals surface area contributed by atoms with Crippen molar-refractivity contribution in [1.29, 1.82) is 0 Å². The highest BCUT2D eigenvalue weighted by atomic mass is 35.5. The van der Waals surface area contributed by atoms with Gasteiger partial charge in [0.2, 0.25) is 5.91 Å². The van der Waals surface area contributed by atoms with E-state index in [0.717, 1.165) is 29.1 Å². The van der Waals surface area contributed by atoms with Gasteiger partial charge in [-0.2, -0.15) is 5.10 Å². The van der Waals surface area contributed by atoms with E-state index in [4.69, 9.17) is 11.6 Å². The van der Waals surface area contributed by atoms with Crippen LogP contribution in [0.15, 0.2) is 24.3 Å². The summed E-state index contributed by atoms with van der Waals surface area (Å²) in [6.07, 6.45) is 1.62. The molecule has 128 valence electrons. The third-order valence-electron chi connectivity index (χ3n) is 3.93. The van der Waals surface area contributed by atoms with Crippen LogP contribution in [0.2, 0.25) is 5.02 Å². The molecule has 0 aliphatic heterocycles. The van der Waals surface area contributed by atoms with E-state index in [1.165, 1.54) is 6.92 Å². The minimum atomic E-state index is -0.116. The van der Waals surface area contributed by atoms with E-state index in [1.54, 1.807) is 18.5 Å². The molecule has 1 aromatic heterocycles. The second-order valence-electron chi connectivity index (χ2n) is 5.80. The van der Waals surface area contributed by atoms with Gasteiger partial charge >= 0.3 is 0 Å². The summed E-state index contributed by atoms with van der Waals surface area (Å²) >= 11 is 6.11. The highest BCUT2D eigenvalue weighted by Crippen LogP contribution is 2.16. The summed E-state index contributed by atoms with van der Waals surface area (Å²) in [4.78, 5) is 23.6. The Morgan fingerprint density at radius 2 is 1.96 bits per heavy atom. The number of rotatable bonds is 7. The maximum atomic E-state index is 12.1. The van der Waals surface area contributed by atoms with Gasteiger partial charge in [-0.15, -0.1) is 0 Å². The van der Waals surface area contributed by atoms with Crippen LogP contribution in [0.25, 0.3) is 0 Å². The molecule has 2 aromatic rings. The minimum absolute atomic E-state index is 0.0311. The Morgan fingerprint density at radius 1 is 1.25 bits per heavy atom. The molecule has 1 heterocycles. The molecular weight excluding hydrogens is 326 g/mol. The highest BCUT2D eigenvalue weighted by molar-refractivity contribution is 6.31. The van der Waals surface area contributed by atoms with Crippen molar-refractivity contribution >= 4 is 23.3 Å². The zero-order chi connectivity index (χ0) is 17.7. The summed E-state index contributed by atoms with van der Waals surface area (Å²) in [5.41, 5.74) is 3.07. The number of halogens is 1. The molecule has 0 saturated carbocycles. The van der Waals surface area contributed by atoms with Gasteiger partial charge in [0.05, 0.1) is 11.3 Å². The van der Waals surface area contributed by atoms with Crippen LogP contribution in [0.4, 0.5) is 0 Å². The number of carbonyl (C=O) groups is 2. The number of hydrogen-bond donors (Lipinski definition) is 1. The second-order valence-corrected chi connectivity index (χ2v) is 6.21. The molecule has 0 spiro atoms. The number of aryl methyl sites for hydroxylation is 2. The predicted molar refractivity (Wildman–Crippen MR) is 94.5 cm³/mol. The smallest absolute Gasteiger partial charge is 0.241 e. The largest absolute Gasteiger partial charge is 0.354 e. The van der Waals surface area contributed by atoms with Gasteiger partial charge in [0.15, 0.2) is 5.78 Å². The first-order valence-corrected chi connectivity index (χ1v) is 8.33. The number of ketones is 1. The maximum absolute atomic E-state index is 12.1. The van der Waals surface area contributed by atoms with Crippen LogP contribution < -0.4 is 5.32 Å². The molecule has 0 atom stereocenters. The van der Waals surface area contributed by atoms with Crippen LogP contribution in [0.3, 0.4) is 0 Å². The zero-order valence-corrected chi connectivity index (χ0v) is 15.0. The lowest BCUT2D eigenvalue weighted by Gasteiger charge is -2.08. The molecule has 1 amide bonds. The van der Waals surface area contributed by atoms with E-state index in [1.807, 2.05) is 24.3 Å². The zero-order valence-electron chi connectivity index (χ0n) is 14.2. The van der Waals surface area contributed by atoms with Gasteiger partial charge in [-0.3, -0.25) is 14.3 Å². The number of aromatic nitrogens is 2. The quantitative estimate of drug-likeness (QED) is 0.618. The number of nitrogens with zero attached hydrogens (tertiary/aromatic N) is 2. The topological polar surface area (TPSA) is 64.0 Å². The lowest BCUT2D eigenvalue weighted by Crippen LogP contribution is -2.29. The van der Waals surface area contributed by atoms with E-state index in [0.29, 0.717) is 17.8 Å². The first-order chi connectivity index (χ1) is 11.4. The summed E-state index contributed by atoms with van der Waals surface area (Å²) < 4.78 is 1.58. The van der Waals surface area contributed by atoms with Crippen molar-refractivity contribution in [2.24, 2.45) is 0 Å². The number of amides is 1. The highest BCUT2D eigenvalue weighted by Gasteiger charge is 2.16. The summed E-state index contributed by atoms with van der Waals surface area (Å²) in [6, 6.07) is 7.71. The second kappa shape index (κ2) is 8.11. The molecule has 0 aliphatic rings. The number of nitrogens with one attached hydrogen (secondary N) is 1. The number of benzene rings is 1. The number of carbonyl (C=O) groups excluding carboxylic acids is 2. The Kier molecular flexibility index (Phi) is 6.15. The molecule has 1 aromatic carbocycles. The molecule has 0 bridgehead atoms. The maximum Gasteiger partial charge on any atom is 0.241 e. The summed E-state index contributed by atoms with van der Waals surface area (Å²) in [5, 5.41) is 7.91. The Morgan fingerprint density at radius 3 is 2.58 bits per heavy atom. The third-order valence-corrected chi connectivity index (χ3v) is 4.30. The average Bonchev–Trinajstić information content (AvgIpc) is 2.79. The first-order valence-electron chi connectivity index (χ1n) is 7.95. The summed E-state index contributed by atoms with van der Waals surface area (Å²) in [7, 11) is 0. The molecule has 0 aliphatic carbocycles. The van der Waals surface area contributed by atoms with Crippen molar-refractivity contribution in [2.45, 2.75) is 40.2 Å². The molecule has 1 N–H and O–H groups in total. The molecule has 5 nitrogen and oxygen atoms in total. The van der Waals surface area contributed by atoms with Crippen molar-refractivity contribution < 1.29 is 9.59 Å². The van der Waals surface area contributed by atoms with Crippen LogP contribution in [0, 0.1) is 13.8 Å².